The molecular formula is C12H26NO3PS2. The van der Waals surface area contributed by atoms with E-state index in [1.165, 1.54) is 0 Å². The zero-order chi connectivity index (χ0) is 14.7. The summed E-state index contributed by atoms with van der Waals surface area (Å²) in [5.41, 5.74) is -2.10. The van der Waals surface area contributed by atoms with Gasteiger partial charge in [-0.1, -0.05) is 17.3 Å². The molecule has 7 heteroatoms. The van der Waals surface area contributed by atoms with Crippen LogP contribution in [0.15, 0.2) is 0 Å². The third-order valence-electron chi connectivity index (χ3n) is 2.84. The van der Waals surface area contributed by atoms with Crippen molar-refractivity contribution in [3.05, 3.63) is 0 Å². The number of rotatable bonds is 7. The lowest BCUT2D eigenvalue weighted by Gasteiger charge is -2.31. The Morgan fingerprint density at radius 3 is 2.53 bits per heavy atom. The largest absolute Gasteiger partial charge is 0.719 e. The molecule has 1 fully saturated rings. The van der Waals surface area contributed by atoms with Crippen LogP contribution in [0, 0.1) is 0 Å². The molecule has 1 aliphatic heterocycles. The quantitative estimate of drug-likeness (QED) is 0.406. The van der Waals surface area contributed by atoms with Crippen molar-refractivity contribution in [3.8, 4) is 0 Å². The van der Waals surface area contributed by atoms with Crippen molar-refractivity contribution < 1.29 is 18.5 Å². The van der Waals surface area contributed by atoms with Gasteiger partial charge in [-0.25, -0.2) is 0 Å². The Labute approximate surface area is 127 Å². The van der Waals surface area contributed by atoms with Crippen LogP contribution < -0.4 is 0 Å². The summed E-state index contributed by atoms with van der Waals surface area (Å²) in [5, 5.41) is 0. The number of hydrogen-bond donors (Lipinski definition) is 0. The first-order valence-electron chi connectivity index (χ1n) is 6.56. The molecule has 0 radical (unpaired) electrons. The average molecular weight is 327 g/mol. The fraction of sp³-hybridized carbons (Fsp3) is 1.00. The summed E-state index contributed by atoms with van der Waals surface area (Å²) < 4.78 is 17.9. The summed E-state index contributed by atoms with van der Waals surface area (Å²) in [7, 11) is 6.38. The first kappa shape index (κ1) is 17.9. The van der Waals surface area contributed by atoms with Crippen molar-refractivity contribution in [3.63, 3.8) is 0 Å². The minimum atomic E-state index is -2.10. The molecule has 2 atom stereocenters. The molecule has 0 N–H and O–H groups in total. The molecule has 1 unspecified atom stereocenters. The van der Waals surface area contributed by atoms with Crippen LogP contribution in [-0.2, 0) is 38.1 Å². The van der Waals surface area contributed by atoms with Gasteiger partial charge in [0.2, 0.25) is 0 Å². The van der Waals surface area contributed by atoms with E-state index in [0.717, 1.165) is 23.6 Å². The SMILES string of the molecule is CC1(C)OC[C@H](CCP(=S)([S-])OCC[N+](C)(C)C)O1. The molecule has 0 aromatic rings. The van der Waals surface area contributed by atoms with Gasteiger partial charge < -0.3 is 30.7 Å². The number of quaternary nitrogens is 1. The van der Waals surface area contributed by atoms with Crippen molar-refractivity contribution >= 4 is 29.5 Å². The second kappa shape index (κ2) is 6.73. The fourth-order valence-electron chi connectivity index (χ4n) is 1.73. The maximum atomic E-state index is 5.75. The first-order valence-corrected chi connectivity index (χ1v) is 10.5. The average Bonchev–Trinajstić information content (AvgIpc) is 2.53. The second-order valence-electron chi connectivity index (χ2n) is 6.42. The molecule has 1 rings (SSSR count). The summed E-state index contributed by atoms with van der Waals surface area (Å²) in [6, 6.07) is 0. The van der Waals surface area contributed by atoms with Gasteiger partial charge in [-0.3, -0.25) is 0 Å². The lowest BCUT2D eigenvalue weighted by molar-refractivity contribution is -0.870. The van der Waals surface area contributed by atoms with E-state index in [-0.39, 0.29) is 6.10 Å². The van der Waals surface area contributed by atoms with Crippen LogP contribution in [0.5, 0.6) is 0 Å². The molecule has 0 spiro atoms. The molecule has 0 aliphatic carbocycles. The van der Waals surface area contributed by atoms with E-state index in [9.17, 15) is 0 Å². The molecule has 0 bridgehead atoms. The summed E-state index contributed by atoms with van der Waals surface area (Å²) in [5.74, 6) is -0.473. The molecule has 0 saturated carbocycles. The predicted octanol–water partition coefficient (Wildman–Crippen LogP) is 2.11. The van der Waals surface area contributed by atoms with E-state index < -0.39 is 11.3 Å². The van der Waals surface area contributed by atoms with Gasteiger partial charge in [-0.15, -0.1) is 0 Å². The van der Waals surface area contributed by atoms with Crippen molar-refractivity contribution in [1.82, 2.24) is 0 Å². The minimum absolute atomic E-state index is 0.0993. The standard InChI is InChI=1S/C12H26NO3PS2/c1-12(2)14-10-11(16-12)6-9-17(18,19)15-8-7-13(3,4)5/h11H,6-10H2,1-5H3/t11-/m0/s1. The van der Waals surface area contributed by atoms with Gasteiger partial charge in [0.25, 0.3) is 0 Å². The Balaban J connectivity index is 2.26. The van der Waals surface area contributed by atoms with Crippen LogP contribution in [0.3, 0.4) is 0 Å². The van der Waals surface area contributed by atoms with E-state index in [1.54, 1.807) is 0 Å². The van der Waals surface area contributed by atoms with E-state index in [0.29, 0.717) is 13.2 Å². The highest BCUT2D eigenvalue weighted by Gasteiger charge is 2.32. The third-order valence-corrected chi connectivity index (χ3v) is 5.95. The maximum absolute atomic E-state index is 5.75. The number of likely N-dealkylation sites (N-methyl/N-ethyl adjacent to an activating group) is 1. The van der Waals surface area contributed by atoms with Crippen molar-refractivity contribution in [1.29, 1.82) is 0 Å². The van der Waals surface area contributed by atoms with Gasteiger partial charge in [0.1, 0.15) is 6.54 Å². The minimum Gasteiger partial charge on any atom is -0.719 e. The zero-order valence-electron chi connectivity index (χ0n) is 12.5. The van der Waals surface area contributed by atoms with Crippen LogP contribution >= 0.6 is 5.47 Å². The molecule has 1 heterocycles. The monoisotopic (exact) mass is 327 g/mol. The third kappa shape index (κ3) is 8.00. The van der Waals surface area contributed by atoms with E-state index in [1.807, 2.05) is 13.8 Å². The van der Waals surface area contributed by atoms with Crippen LogP contribution in [0.4, 0.5) is 0 Å². The maximum Gasteiger partial charge on any atom is 0.163 e. The molecule has 1 saturated heterocycles. The van der Waals surface area contributed by atoms with Gasteiger partial charge in [-0.05, 0) is 26.4 Å². The highest BCUT2D eigenvalue weighted by molar-refractivity contribution is 8.53. The van der Waals surface area contributed by atoms with Crippen LogP contribution in [0.1, 0.15) is 20.3 Å². The molecular weight excluding hydrogens is 301 g/mol. The van der Waals surface area contributed by atoms with Crippen molar-refractivity contribution in [2.45, 2.75) is 32.2 Å². The van der Waals surface area contributed by atoms with Crippen LogP contribution in [0.2, 0.25) is 0 Å². The van der Waals surface area contributed by atoms with E-state index >= 15 is 0 Å². The van der Waals surface area contributed by atoms with Crippen LogP contribution in [-0.4, -0.2) is 63.4 Å². The second-order valence-corrected chi connectivity index (χ2v) is 12.6. The summed E-state index contributed by atoms with van der Waals surface area (Å²) in [6.45, 7) is 6.03. The van der Waals surface area contributed by atoms with Crippen molar-refractivity contribution in [2.75, 3.05) is 47.1 Å². The smallest absolute Gasteiger partial charge is 0.163 e. The zero-order valence-corrected chi connectivity index (χ0v) is 15.1. The molecule has 0 aromatic carbocycles. The molecule has 1 aliphatic rings. The van der Waals surface area contributed by atoms with Gasteiger partial charge in [0, 0.05) is 0 Å². The Hall–Kier alpha value is 0.840. The number of hydrogen-bond acceptors (Lipinski definition) is 5. The predicted molar refractivity (Wildman–Crippen MR) is 84.9 cm³/mol. The van der Waals surface area contributed by atoms with Crippen LogP contribution in [0.25, 0.3) is 0 Å². The van der Waals surface area contributed by atoms with E-state index in [4.69, 9.17) is 38.1 Å². The van der Waals surface area contributed by atoms with Gasteiger partial charge in [0.05, 0.1) is 40.5 Å². The highest BCUT2D eigenvalue weighted by Crippen LogP contribution is 2.46. The topological polar surface area (TPSA) is 27.7 Å². The lowest BCUT2D eigenvalue weighted by atomic mass is 10.3. The Morgan fingerprint density at radius 2 is 2.05 bits per heavy atom. The van der Waals surface area contributed by atoms with Crippen molar-refractivity contribution in [2.24, 2.45) is 0 Å². The Bertz CT molecular complexity index is 344. The number of nitrogens with zero attached hydrogens (tertiary/aromatic N) is 1. The van der Waals surface area contributed by atoms with Gasteiger partial charge in [-0.2, -0.15) is 0 Å². The first-order chi connectivity index (χ1) is 8.49. The normalized spacial score (nSPS) is 26.3. The van der Waals surface area contributed by atoms with Gasteiger partial charge >= 0.3 is 0 Å². The highest BCUT2D eigenvalue weighted by atomic mass is 32.9. The van der Waals surface area contributed by atoms with E-state index in [2.05, 4.69) is 21.1 Å². The molecule has 114 valence electrons. The summed E-state index contributed by atoms with van der Waals surface area (Å²) >= 11 is 10.8. The van der Waals surface area contributed by atoms with Gasteiger partial charge in [0.15, 0.2) is 5.79 Å². The fourth-order valence-corrected chi connectivity index (χ4v) is 3.90. The Morgan fingerprint density at radius 1 is 1.42 bits per heavy atom. The molecule has 19 heavy (non-hydrogen) atoms. The summed E-state index contributed by atoms with van der Waals surface area (Å²) in [6.07, 6.45) is 1.66. The number of ether oxygens (including phenoxy) is 2. The molecule has 0 amide bonds. The summed E-state index contributed by atoms with van der Waals surface area (Å²) in [4.78, 5) is 0. The molecule has 4 nitrogen and oxygen atoms in total. The Kier molecular flexibility index (Phi) is 6.34. The molecule has 0 aromatic heterocycles. The lowest BCUT2D eigenvalue weighted by Crippen LogP contribution is -2.37.